The maximum Gasteiger partial charge on any atom is 0.416 e. The van der Waals surface area contributed by atoms with E-state index in [0.717, 1.165) is 36.7 Å². The number of halogens is 3. The Labute approximate surface area is 163 Å². The Morgan fingerprint density at radius 3 is 2.50 bits per heavy atom. The van der Waals surface area contributed by atoms with E-state index in [1.54, 1.807) is 6.07 Å². The predicted octanol–water partition coefficient (Wildman–Crippen LogP) is 5.27. The van der Waals surface area contributed by atoms with Crippen LogP contribution in [0, 0.1) is 5.92 Å². The summed E-state index contributed by atoms with van der Waals surface area (Å²) in [6, 6.07) is 14.1. The first-order chi connectivity index (χ1) is 13.3. The smallest absolute Gasteiger partial charge is 0.378 e. The summed E-state index contributed by atoms with van der Waals surface area (Å²) >= 11 is 0. The molecule has 4 rings (SSSR count). The van der Waals surface area contributed by atoms with Crippen molar-refractivity contribution in [2.75, 3.05) is 26.0 Å². The lowest BCUT2D eigenvalue weighted by Crippen LogP contribution is -2.42. The van der Waals surface area contributed by atoms with Crippen LogP contribution >= 0.6 is 0 Å². The van der Waals surface area contributed by atoms with Crippen LogP contribution in [0.3, 0.4) is 0 Å². The largest absolute Gasteiger partial charge is 0.416 e. The zero-order valence-electron chi connectivity index (χ0n) is 16.0. The molecule has 2 aromatic rings. The molecule has 1 fully saturated rings. The number of hydrogen-bond acceptors (Lipinski definition) is 3. The topological polar surface area (TPSA) is 24.5 Å². The summed E-state index contributed by atoms with van der Waals surface area (Å²) in [6.07, 6.45) is -2.88. The van der Waals surface area contributed by atoms with Crippen molar-refractivity contribution in [1.82, 2.24) is 4.90 Å². The number of anilines is 1. The van der Waals surface area contributed by atoms with Crippen LogP contribution in [0.15, 0.2) is 48.5 Å². The van der Waals surface area contributed by atoms with Gasteiger partial charge in [-0.2, -0.15) is 13.2 Å². The number of nitrogens with zero attached hydrogens (tertiary/aromatic N) is 1. The fourth-order valence-electron chi connectivity index (χ4n) is 4.46. The third-order valence-electron chi connectivity index (χ3n) is 5.70. The Balaban J connectivity index is 1.73. The third-order valence-corrected chi connectivity index (χ3v) is 5.70. The van der Waals surface area contributed by atoms with Gasteiger partial charge in [0.1, 0.15) is 0 Å². The molecule has 2 aliphatic heterocycles. The molecular formula is C22H25F3N2O. The zero-order chi connectivity index (χ0) is 19.9. The number of nitrogens with one attached hydrogen (secondary N) is 1. The normalized spacial score (nSPS) is 27.1. The van der Waals surface area contributed by atoms with Gasteiger partial charge in [0.2, 0.25) is 0 Å². The molecule has 3 nitrogen and oxygen atoms in total. The summed E-state index contributed by atoms with van der Waals surface area (Å²) in [5.74, 6) is 0.0943. The van der Waals surface area contributed by atoms with Gasteiger partial charge in [0.25, 0.3) is 0 Å². The second-order valence-electron chi connectivity index (χ2n) is 8.01. The molecule has 1 N–H and O–H groups in total. The second-order valence-corrected chi connectivity index (χ2v) is 8.01. The molecule has 150 valence electrons. The van der Waals surface area contributed by atoms with Crippen LogP contribution in [-0.2, 0) is 10.9 Å². The van der Waals surface area contributed by atoms with Gasteiger partial charge >= 0.3 is 6.18 Å². The van der Waals surface area contributed by atoms with Gasteiger partial charge < -0.3 is 15.0 Å². The third kappa shape index (κ3) is 3.76. The molecule has 2 aromatic carbocycles. The highest BCUT2D eigenvalue weighted by molar-refractivity contribution is 5.58. The molecule has 0 unspecified atom stereocenters. The molecule has 0 saturated carbocycles. The lowest BCUT2D eigenvalue weighted by Gasteiger charge is -2.46. The van der Waals surface area contributed by atoms with Gasteiger partial charge in [-0.25, -0.2) is 0 Å². The first-order valence-electron chi connectivity index (χ1n) is 9.66. The lowest BCUT2D eigenvalue weighted by atomic mass is 9.76. The van der Waals surface area contributed by atoms with E-state index < -0.39 is 11.7 Å². The van der Waals surface area contributed by atoms with E-state index in [4.69, 9.17) is 4.74 Å². The van der Waals surface area contributed by atoms with Gasteiger partial charge in [-0.05, 0) is 50.7 Å². The van der Waals surface area contributed by atoms with Crippen LogP contribution in [0.25, 0.3) is 0 Å². The summed E-state index contributed by atoms with van der Waals surface area (Å²) in [5.41, 5.74) is 1.87. The van der Waals surface area contributed by atoms with Crippen molar-refractivity contribution in [3.63, 3.8) is 0 Å². The van der Waals surface area contributed by atoms with Gasteiger partial charge in [-0.3, -0.25) is 0 Å². The van der Waals surface area contributed by atoms with Crippen LogP contribution in [-0.4, -0.2) is 31.6 Å². The highest BCUT2D eigenvalue weighted by Gasteiger charge is 2.43. The number of rotatable bonds is 3. The summed E-state index contributed by atoms with van der Waals surface area (Å²) in [5, 5.41) is 3.49. The minimum atomic E-state index is -4.36. The van der Waals surface area contributed by atoms with Crippen molar-refractivity contribution in [1.29, 1.82) is 0 Å². The van der Waals surface area contributed by atoms with Crippen molar-refractivity contribution in [3.8, 4) is 0 Å². The van der Waals surface area contributed by atoms with Crippen LogP contribution in [0.1, 0.15) is 41.7 Å². The number of benzene rings is 2. The highest BCUT2D eigenvalue weighted by Crippen LogP contribution is 2.51. The molecule has 1 saturated heterocycles. The highest BCUT2D eigenvalue weighted by atomic mass is 19.4. The quantitative estimate of drug-likeness (QED) is 0.773. The monoisotopic (exact) mass is 390 g/mol. The standard InChI is InChI=1S/C22H25F3N2O/c1-27(2)13-16-9-10-17-20(14-6-4-3-5-7-14)26-19-11-8-15(22(23,24)25)12-18(19)21(17)28-16/h3-8,11-12,16-17,20-21,26H,9-10,13H2,1-2H3/t16-,17+,20+,21+/m1/s1. The molecule has 0 amide bonds. The molecule has 0 spiro atoms. The first-order valence-corrected chi connectivity index (χ1v) is 9.66. The fourth-order valence-corrected chi connectivity index (χ4v) is 4.46. The second kappa shape index (κ2) is 7.41. The Morgan fingerprint density at radius 2 is 1.82 bits per heavy atom. The predicted molar refractivity (Wildman–Crippen MR) is 103 cm³/mol. The van der Waals surface area contributed by atoms with Crippen LogP contribution < -0.4 is 5.32 Å². The summed E-state index contributed by atoms with van der Waals surface area (Å²) < 4.78 is 46.3. The van der Waals surface area contributed by atoms with E-state index >= 15 is 0 Å². The molecule has 0 aromatic heterocycles. The van der Waals surface area contributed by atoms with Crippen LogP contribution in [0.5, 0.6) is 0 Å². The van der Waals surface area contributed by atoms with Gasteiger partial charge in [0.15, 0.2) is 0 Å². The molecule has 0 aliphatic carbocycles. The maximum atomic E-state index is 13.3. The van der Waals surface area contributed by atoms with Crippen molar-refractivity contribution < 1.29 is 17.9 Å². The summed E-state index contributed by atoms with van der Waals surface area (Å²) in [6.45, 7) is 0.765. The molecule has 4 atom stereocenters. The first kappa shape index (κ1) is 19.3. The zero-order valence-corrected chi connectivity index (χ0v) is 16.0. The molecule has 2 aliphatic rings. The molecule has 6 heteroatoms. The van der Waals surface area contributed by atoms with Crippen molar-refractivity contribution in [3.05, 3.63) is 65.2 Å². The molecule has 2 heterocycles. The molecule has 0 bridgehead atoms. The van der Waals surface area contributed by atoms with Crippen LogP contribution in [0.4, 0.5) is 18.9 Å². The number of fused-ring (bicyclic) bond motifs is 3. The maximum absolute atomic E-state index is 13.3. The van der Waals surface area contributed by atoms with Crippen LogP contribution in [0.2, 0.25) is 0 Å². The van der Waals surface area contributed by atoms with E-state index in [-0.39, 0.29) is 24.2 Å². The van der Waals surface area contributed by atoms with E-state index in [1.807, 2.05) is 32.3 Å². The summed E-state index contributed by atoms with van der Waals surface area (Å²) in [4.78, 5) is 2.06. The molecular weight excluding hydrogens is 365 g/mol. The lowest BCUT2D eigenvalue weighted by molar-refractivity contribution is -0.138. The number of alkyl halides is 3. The van der Waals surface area contributed by atoms with E-state index in [2.05, 4.69) is 22.3 Å². The fraction of sp³-hybridized carbons (Fsp3) is 0.455. The van der Waals surface area contributed by atoms with Gasteiger partial charge in [-0.1, -0.05) is 30.3 Å². The average Bonchev–Trinajstić information content (AvgIpc) is 2.66. The van der Waals surface area contributed by atoms with E-state index in [1.165, 1.54) is 6.07 Å². The number of hydrogen-bond donors (Lipinski definition) is 1. The van der Waals surface area contributed by atoms with Gasteiger partial charge in [0.05, 0.1) is 23.8 Å². The Bertz CT molecular complexity index is 822. The number of likely N-dealkylation sites (N-methyl/N-ethyl adjacent to an activating group) is 1. The minimum Gasteiger partial charge on any atom is -0.378 e. The number of ether oxygens (including phenoxy) is 1. The van der Waals surface area contributed by atoms with Crippen molar-refractivity contribution >= 4 is 5.69 Å². The summed E-state index contributed by atoms with van der Waals surface area (Å²) in [7, 11) is 3.97. The average molecular weight is 390 g/mol. The van der Waals surface area contributed by atoms with Gasteiger partial charge in [0, 0.05) is 23.7 Å². The molecule has 0 radical (unpaired) electrons. The molecule has 28 heavy (non-hydrogen) atoms. The Kier molecular flexibility index (Phi) is 5.10. The Hall–Kier alpha value is -2.05. The van der Waals surface area contributed by atoms with Crippen molar-refractivity contribution in [2.24, 2.45) is 5.92 Å². The Morgan fingerprint density at radius 1 is 1.07 bits per heavy atom. The van der Waals surface area contributed by atoms with E-state index in [9.17, 15) is 13.2 Å². The minimum absolute atomic E-state index is 0.0215. The van der Waals surface area contributed by atoms with E-state index in [0.29, 0.717) is 5.56 Å². The van der Waals surface area contributed by atoms with Crippen molar-refractivity contribution in [2.45, 2.75) is 37.3 Å². The SMILES string of the molecule is CN(C)C[C@H]1CC[C@@H]2[C@H](O1)c1cc(C(F)(F)F)ccc1N[C@H]2c1ccccc1. The van der Waals surface area contributed by atoms with Gasteiger partial charge in [-0.15, -0.1) is 0 Å².